The Morgan fingerprint density at radius 3 is 2.67 bits per heavy atom. The molecule has 0 spiro atoms. The number of pyridine rings is 2. The lowest BCUT2D eigenvalue weighted by Gasteiger charge is -2.42. The van der Waals surface area contributed by atoms with Crippen molar-refractivity contribution in [2.24, 2.45) is 0 Å². The maximum atomic E-state index is 16.8. The van der Waals surface area contributed by atoms with E-state index in [-0.39, 0.29) is 42.0 Å². The summed E-state index contributed by atoms with van der Waals surface area (Å²) < 4.78 is 43.4. The van der Waals surface area contributed by atoms with Crippen LogP contribution in [0.2, 0.25) is 5.02 Å². The Kier molecular flexibility index (Phi) is 7.59. The molecular weight excluding hydrogens is 640 g/mol. The molecule has 7 heterocycles. The number of benzene rings is 1. The highest BCUT2D eigenvalue weighted by atomic mass is 35.5. The minimum absolute atomic E-state index is 0.0214. The number of aromatic nitrogens is 4. The molecule has 4 aliphatic rings. The van der Waals surface area contributed by atoms with Crippen molar-refractivity contribution in [2.75, 3.05) is 37.7 Å². The first-order valence-electron chi connectivity index (χ1n) is 16.7. The third kappa shape index (κ3) is 5.37. The summed E-state index contributed by atoms with van der Waals surface area (Å²) in [4.78, 5) is 37.7. The van der Waals surface area contributed by atoms with Crippen LogP contribution in [-0.4, -0.2) is 98.0 Å². The zero-order chi connectivity index (χ0) is 33.4. The fourth-order valence-corrected chi connectivity index (χ4v) is 8.50. The quantitative estimate of drug-likeness (QED) is 0.232. The van der Waals surface area contributed by atoms with Crippen LogP contribution in [0.25, 0.3) is 32.9 Å². The molecule has 3 aromatic heterocycles. The maximum absolute atomic E-state index is 16.8. The van der Waals surface area contributed by atoms with Crippen molar-refractivity contribution in [1.29, 1.82) is 0 Å². The molecule has 4 fully saturated rings. The van der Waals surface area contributed by atoms with E-state index in [0.717, 1.165) is 37.6 Å². The normalized spacial score (nSPS) is 25.7. The molecule has 48 heavy (non-hydrogen) atoms. The number of hydrogen-bond acceptors (Lipinski definition) is 9. The van der Waals surface area contributed by atoms with E-state index in [1.165, 1.54) is 0 Å². The molecule has 8 rings (SSSR count). The number of alkyl halides is 1. The number of carbonyl (C=O) groups excluding carboxylic acids is 1. The van der Waals surface area contributed by atoms with E-state index < -0.39 is 23.1 Å². The Morgan fingerprint density at radius 1 is 1.10 bits per heavy atom. The van der Waals surface area contributed by atoms with Gasteiger partial charge in [-0.25, -0.2) is 13.6 Å². The van der Waals surface area contributed by atoms with Gasteiger partial charge in [0.15, 0.2) is 5.82 Å². The van der Waals surface area contributed by atoms with Gasteiger partial charge in [0.25, 0.3) is 0 Å². The zero-order valence-electron chi connectivity index (χ0n) is 27.3. The fraction of sp³-hybridized carbons (Fsp3) is 0.514. The number of halogens is 3. The van der Waals surface area contributed by atoms with Crippen LogP contribution in [0.4, 0.5) is 19.4 Å². The van der Waals surface area contributed by atoms with E-state index in [1.807, 2.05) is 37.8 Å². The van der Waals surface area contributed by atoms with Crippen molar-refractivity contribution < 1.29 is 23.0 Å². The number of anilines is 1. The van der Waals surface area contributed by atoms with Crippen LogP contribution >= 0.6 is 11.6 Å². The first-order chi connectivity index (χ1) is 23.0. The Bertz CT molecular complexity index is 1910. The van der Waals surface area contributed by atoms with Gasteiger partial charge in [-0.05, 0) is 59.1 Å². The third-order valence-electron chi connectivity index (χ3n) is 10.2. The molecule has 0 saturated carbocycles. The molecule has 0 aliphatic carbocycles. The molecule has 4 aliphatic heterocycles. The molecule has 252 valence electrons. The maximum Gasteiger partial charge on any atom is 0.410 e. The molecule has 1 aromatic carbocycles. The molecular formula is C35H38ClF2N7O3. The molecule has 13 heteroatoms. The van der Waals surface area contributed by atoms with Gasteiger partial charge in [0.05, 0.1) is 23.0 Å². The van der Waals surface area contributed by atoms with Gasteiger partial charge >= 0.3 is 12.1 Å². The van der Waals surface area contributed by atoms with Crippen LogP contribution in [-0.2, 0) is 4.74 Å². The molecule has 10 nitrogen and oxygen atoms in total. The molecule has 4 saturated heterocycles. The van der Waals surface area contributed by atoms with Gasteiger partial charge in [-0.3, -0.25) is 19.8 Å². The molecule has 4 aromatic rings. The van der Waals surface area contributed by atoms with Crippen LogP contribution in [0.15, 0.2) is 36.8 Å². The number of fused-ring (bicyclic) bond motifs is 5. The van der Waals surface area contributed by atoms with Gasteiger partial charge in [-0.1, -0.05) is 23.7 Å². The Morgan fingerprint density at radius 2 is 1.90 bits per heavy atom. The fourth-order valence-electron chi connectivity index (χ4n) is 8.22. The lowest BCUT2D eigenvalue weighted by molar-refractivity contribution is 0.0122. The SMILES string of the molecule is CC(C)(C)OC(=O)N1[C@@H]2CC[C@H]1CN(c1nc(OC[C@]34CCCN3C[C@@H](F)C4)nc3c(F)c(-c4cncc5cccc(Cl)c45)ncc13)C2. The van der Waals surface area contributed by atoms with Crippen LogP contribution < -0.4 is 9.64 Å². The van der Waals surface area contributed by atoms with Crippen molar-refractivity contribution >= 4 is 45.2 Å². The van der Waals surface area contributed by atoms with E-state index >= 15 is 4.39 Å². The number of rotatable bonds is 5. The summed E-state index contributed by atoms with van der Waals surface area (Å²) in [6.07, 6.45) is 7.41. The minimum atomic E-state index is -0.911. The third-order valence-corrected chi connectivity index (χ3v) is 10.6. The standard InChI is InChI=1S/C35H38ClF2N7O3/c1-34(2,3)48-33(46)45-22-8-9-23(45)18-43(17-22)31-25-15-40-29(24-14-39-13-20-6-4-7-26(36)27(20)24)28(38)30(25)41-32(42-31)47-19-35-10-5-11-44(35)16-21(37)12-35/h4,6-7,13-15,21-23H,5,8-12,16-19H2,1-3H3/t21-,22-,23+,35+/m0/s1. The van der Waals surface area contributed by atoms with E-state index in [9.17, 15) is 9.18 Å². The van der Waals surface area contributed by atoms with Gasteiger partial charge in [0.2, 0.25) is 0 Å². The molecule has 0 N–H and O–H groups in total. The first kappa shape index (κ1) is 31.4. The van der Waals surface area contributed by atoms with E-state index in [2.05, 4.69) is 24.8 Å². The summed E-state index contributed by atoms with van der Waals surface area (Å²) in [6.45, 7) is 7.97. The van der Waals surface area contributed by atoms with Gasteiger partial charge in [0, 0.05) is 66.0 Å². The van der Waals surface area contributed by atoms with Crippen molar-refractivity contribution in [3.8, 4) is 17.3 Å². The van der Waals surface area contributed by atoms with Gasteiger partial charge in [-0.15, -0.1) is 0 Å². The second kappa shape index (κ2) is 11.6. The van der Waals surface area contributed by atoms with Gasteiger partial charge < -0.3 is 14.4 Å². The Balaban J connectivity index is 1.20. The highest BCUT2D eigenvalue weighted by molar-refractivity contribution is 6.36. The first-order valence-corrected chi connectivity index (χ1v) is 17.0. The summed E-state index contributed by atoms with van der Waals surface area (Å²) in [6, 6.07) is 5.26. The number of piperazine rings is 1. The highest BCUT2D eigenvalue weighted by Gasteiger charge is 2.50. The van der Waals surface area contributed by atoms with Crippen molar-refractivity contribution in [3.63, 3.8) is 0 Å². The monoisotopic (exact) mass is 677 g/mol. The predicted octanol–water partition coefficient (Wildman–Crippen LogP) is 6.58. The van der Waals surface area contributed by atoms with Crippen LogP contribution in [0, 0.1) is 5.82 Å². The van der Waals surface area contributed by atoms with Gasteiger partial charge in [-0.2, -0.15) is 9.97 Å². The van der Waals surface area contributed by atoms with Crippen LogP contribution in [0.3, 0.4) is 0 Å². The number of hydrogen-bond donors (Lipinski definition) is 0. The number of nitrogens with zero attached hydrogens (tertiary/aromatic N) is 7. The van der Waals surface area contributed by atoms with Crippen LogP contribution in [0.5, 0.6) is 6.01 Å². The average molecular weight is 678 g/mol. The summed E-state index contributed by atoms with van der Waals surface area (Å²) in [7, 11) is 0. The molecule has 4 atom stereocenters. The smallest absolute Gasteiger partial charge is 0.410 e. The zero-order valence-corrected chi connectivity index (χ0v) is 28.0. The number of ether oxygens (including phenoxy) is 2. The molecule has 0 radical (unpaired) electrons. The minimum Gasteiger partial charge on any atom is -0.461 e. The summed E-state index contributed by atoms with van der Waals surface area (Å²) in [5, 5.41) is 2.29. The summed E-state index contributed by atoms with van der Waals surface area (Å²) in [5.41, 5.74) is -0.464. The van der Waals surface area contributed by atoms with Crippen molar-refractivity contribution in [1.82, 2.24) is 29.7 Å². The predicted molar refractivity (Wildman–Crippen MR) is 179 cm³/mol. The highest BCUT2D eigenvalue weighted by Crippen LogP contribution is 2.42. The van der Waals surface area contributed by atoms with E-state index in [4.69, 9.17) is 26.1 Å². The lowest BCUT2D eigenvalue weighted by atomic mass is 9.95. The summed E-state index contributed by atoms with van der Waals surface area (Å²) >= 11 is 6.60. The van der Waals surface area contributed by atoms with E-state index in [0.29, 0.717) is 53.2 Å². The topological polar surface area (TPSA) is 96.8 Å². The Labute approximate surface area is 282 Å². The largest absolute Gasteiger partial charge is 0.461 e. The molecule has 0 unspecified atom stereocenters. The van der Waals surface area contributed by atoms with E-state index in [1.54, 1.807) is 24.7 Å². The molecule has 1 amide bonds. The number of amides is 1. The Hall–Kier alpha value is -3.90. The van der Waals surface area contributed by atoms with Crippen LogP contribution in [0.1, 0.15) is 52.9 Å². The summed E-state index contributed by atoms with van der Waals surface area (Å²) in [5.74, 6) is -0.158. The van der Waals surface area contributed by atoms with Gasteiger partial charge in [0.1, 0.15) is 35.4 Å². The lowest BCUT2D eigenvalue weighted by Crippen LogP contribution is -2.57. The average Bonchev–Trinajstić information content (AvgIpc) is 3.66. The second-order valence-corrected chi connectivity index (χ2v) is 15.0. The van der Waals surface area contributed by atoms with Crippen molar-refractivity contribution in [2.45, 2.75) is 82.3 Å². The second-order valence-electron chi connectivity index (χ2n) is 14.6. The number of carbonyl (C=O) groups is 1. The molecule has 2 bridgehead atoms. The van der Waals surface area contributed by atoms with Crippen molar-refractivity contribution in [3.05, 3.63) is 47.6 Å².